The molecule has 1 unspecified atom stereocenters. The fourth-order valence-corrected chi connectivity index (χ4v) is 3.16. The number of nitrogens with one attached hydrogen (secondary N) is 1. The highest BCUT2D eigenvalue weighted by Crippen LogP contribution is 2.32. The van der Waals surface area contributed by atoms with Gasteiger partial charge >= 0.3 is 0 Å². The number of anilines is 1. The monoisotopic (exact) mass is 270 g/mol. The molecule has 5 nitrogen and oxygen atoms in total. The Balaban J connectivity index is 2.11. The smallest absolute Gasteiger partial charge is 0.240 e. The Labute approximate surface area is 107 Å². The normalized spacial score (nSPS) is 17.7. The van der Waals surface area contributed by atoms with Crippen LogP contribution in [0.15, 0.2) is 23.1 Å². The fourth-order valence-electron chi connectivity index (χ4n) is 1.83. The molecule has 1 atom stereocenters. The highest BCUT2D eigenvalue weighted by Gasteiger charge is 2.30. The minimum atomic E-state index is -3.60. The van der Waals surface area contributed by atoms with Gasteiger partial charge in [0.25, 0.3) is 0 Å². The standard InChI is InChI=1S/C12H18N2O3S/c1-8-2-5-10(13)6-12(8)18(16,17)14-7-11(15)9-3-4-9/h2,5-6,9,11,14-15H,3-4,7,13H2,1H3. The Morgan fingerprint density at radius 3 is 2.78 bits per heavy atom. The number of sulfonamides is 1. The first-order chi connectivity index (χ1) is 8.40. The number of aliphatic hydroxyl groups excluding tert-OH is 1. The van der Waals surface area contributed by atoms with Crippen LogP contribution < -0.4 is 10.5 Å². The summed E-state index contributed by atoms with van der Waals surface area (Å²) in [7, 11) is -3.60. The van der Waals surface area contributed by atoms with Crippen LogP contribution >= 0.6 is 0 Å². The first-order valence-corrected chi connectivity index (χ1v) is 7.42. The number of rotatable bonds is 5. The van der Waals surface area contributed by atoms with E-state index in [2.05, 4.69) is 4.72 Å². The van der Waals surface area contributed by atoms with E-state index in [4.69, 9.17) is 5.73 Å². The molecule has 0 saturated heterocycles. The first kappa shape index (κ1) is 13.3. The maximum absolute atomic E-state index is 12.1. The Morgan fingerprint density at radius 2 is 2.17 bits per heavy atom. The number of nitrogen functional groups attached to an aromatic ring is 1. The Hall–Kier alpha value is -1.11. The summed E-state index contributed by atoms with van der Waals surface area (Å²) in [5.74, 6) is 0.245. The molecular weight excluding hydrogens is 252 g/mol. The average Bonchev–Trinajstić information content (AvgIpc) is 3.13. The summed E-state index contributed by atoms with van der Waals surface area (Å²) in [4.78, 5) is 0.172. The Kier molecular flexibility index (Phi) is 3.61. The summed E-state index contributed by atoms with van der Waals surface area (Å²) < 4.78 is 26.6. The third kappa shape index (κ3) is 3.01. The number of aliphatic hydroxyl groups is 1. The second-order valence-electron chi connectivity index (χ2n) is 4.78. The molecule has 2 rings (SSSR count). The van der Waals surface area contributed by atoms with Crippen LogP contribution in [-0.4, -0.2) is 26.2 Å². The van der Waals surface area contributed by atoms with Crippen LogP contribution in [0.1, 0.15) is 18.4 Å². The van der Waals surface area contributed by atoms with Crippen molar-refractivity contribution in [1.82, 2.24) is 4.72 Å². The van der Waals surface area contributed by atoms with Gasteiger partial charge < -0.3 is 10.8 Å². The van der Waals surface area contributed by atoms with Crippen molar-refractivity contribution in [1.29, 1.82) is 0 Å². The van der Waals surface area contributed by atoms with Gasteiger partial charge in [-0.15, -0.1) is 0 Å². The molecule has 100 valence electrons. The van der Waals surface area contributed by atoms with Crippen LogP contribution in [0.4, 0.5) is 5.69 Å². The second kappa shape index (κ2) is 4.87. The highest BCUT2D eigenvalue weighted by atomic mass is 32.2. The molecule has 1 fully saturated rings. The van der Waals surface area contributed by atoms with Crippen molar-refractivity contribution in [3.63, 3.8) is 0 Å². The van der Waals surface area contributed by atoms with E-state index < -0.39 is 16.1 Å². The van der Waals surface area contributed by atoms with E-state index in [0.717, 1.165) is 12.8 Å². The van der Waals surface area contributed by atoms with Crippen LogP contribution in [0.25, 0.3) is 0 Å². The van der Waals surface area contributed by atoms with Gasteiger partial charge in [0.2, 0.25) is 10.0 Å². The lowest BCUT2D eigenvalue weighted by molar-refractivity contribution is 0.155. The maximum Gasteiger partial charge on any atom is 0.240 e. The van der Waals surface area contributed by atoms with Crippen LogP contribution in [0, 0.1) is 12.8 Å². The molecule has 4 N–H and O–H groups in total. The fraction of sp³-hybridized carbons (Fsp3) is 0.500. The van der Waals surface area contributed by atoms with Gasteiger partial charge in [-0.2, -0.15) is 0 Å². The van der Waals surface area contributed by atoms with Gasteiger partial charge in [0.15, 0.2) is 0 Å². The molecule has 1 aromatic rings. The van der Waals surface area contributed by atoms with Crippen LogP contribution in [0.5, 0.6) is 0 Å². The second-order valence-corrected chi connectivity index (χ2v) is 6.52. The van der Waals surface area contributed by atoms with Crippen LogP contribution in [0.3, 0.4) is 0 Å². The van der Waals surface area contributed by atoms with Gasteiger partial charge in [-0.25, -0.2) is 13.1 Å². The van der Waals surface area contributed by atoms with E-state index in [9.17, 15) is 13.5 Å². The zero-order valence-corrected chi connectivity index (χ0v) is 11.1. The number of aryl methyl sites for hydroxylation is 1. The van der Waals surface area contributed by atoms with Crippen molar-refractivity contribution in [2.24, 2.45) is 5.92 Å². The lowest BCUT2D eigenvalue weighted by atomic mass is 10.2. The molecule has 1 saturated carbocycles. The van der Waals surface area contributed by atoms with E-state index in [0.29, 0.717) is 11.3 Å². The summed E-state index contributed by atoms with van der Waals surface area (Å²) in [6, 6.07) is 4.76. The minimum Gasteiger partial charge on any atom is -0.399 e. The molecule has 1 aromatic carbocycles. The van der Waals surface area contributed by atoms with Crippen LogP contribution in [0.2, 0.25) is 0 Å². The molecule has 0 radical (unpaired) electrons. The lowest BCUT2D eigenvalue weighted by Crippen LogP contribution is -2.33. The predicted molar refractivity (Wildman–Crippen MR) is 69.5 cm³/mol. The Morgan fingerprint density at radius 1 is 1.50 bits per heavy atom. The van der Waals surface area contributed by atoms with Crippen molar-refractivity contribution < 1.29 is 13.5 Å². The van der Waals surface area contributed by atoms with Gasteiger partial charge in [-0.1, -0.05) is 6.07 Å². The summed E-state index contributed by atoms with van der Waals surface area (Å²) >= 11 is 0. The molecule has 1 aliphatic rings. The number of hydrogen-bond donors (Lipinski definition) is 3. The largest absolute Gasteiger partial charge is 0.399 e. The molecule has 0 aromatic heterocycles. The van der Waals surface area contributed by atoms with Crippen molar-refractivity contribution >= 4 is 15.7 Å². The SMILES string of the molecule is Cc1ccc(N)cc1S(=O)(=O)NCC(O)C1CC1. The van der Waals surface area contributed by atoms with E-state index in [1.807, 2.05) is 0 Å². The molecule has 0 heterocycles. The number of nitrogens with two attached hydrogens (primary N) is 1. The third-order valence-electron chi connectivity index (χ3n) is 3.15. The maximum atomic E-state index is 12.1. The molecule has 1 aliphatic carbocycles. The zero-order valence-electron chi connectivity index (χ0n) is 10.3. The van der Waals surface area contributed by atoms with E-state index >= 15 is 0 Å². The van der Waals surface area contributed by atoms with E-state index in [1.54, 1.807) is 19.1 Å². The topological polar surface area (TPSA) is 92.4 Å². The molecule has 0 aliphatic heterocycles. The molecule has 0 amide bonds. The molecular formula is C12H18N2O3S. The van der Waals surface area contributed by atoms with E-state index in [1.165, 1.54) is 6.07 Å². The van der Waals surface area contributed by atoms with Crippen LogP contribution in [-0.2, 0) is 10.0 Å². The van der Waals surface area contributed by atoms with Gasteiger partial charge in [-0.05, 0) is 43.4 Å². The first-order valence-electron chi connectivity index (χ1n) is 5.94. The quantitative estimate of drug-likeness (QED) is 0.684. The van der Waals surface area contributed by atoms with Gasteiger partial charge in [0.1, 0.15) is 0 Å². The molecule has 6 heteroatoms. The van der Waals surface area contributed by atoms with E-state index in [-0.39, 0.29) is 17.4 Å². The lowest BCUT2D eigenvalue weighted by Gasteiger charge is -2.13. The molecule has 0 bridgehead atoms. The average molecular weight is 270 g/mol. The van der Waals surface area contributed by atoms with Gasteiger partial charge in [-0.3, -0.25) is 0 Å². The van der Waals surface area contributed by atoms with Crippen molar-refractivity contribution in [2.45, 2.75) is 30.8 Å². The van der Waals surface area contributed by atoms with Gasteiger partial charge in [0.05, 0.1) is 11.0 Å². The third-order valence-corrected chi connectivity index (χ3v) is 4.72. The Bertz CT molecular complexity index is 538. The number of hydrogen-bond acceptors (Lipinski definition) is 4. The predicted octanol–water partition coefficient (Wildman–Crippen LogP) is 0.626. The summed E-state index contributed by atoms with van der Waals surface area (Å²) in [6.45, 7) is 1.77. The van der Waals surface area contributed by atoms with Gasteiger partial charge in [0, 0.05) is 12.2 Å². The molecule has 18 heavy (non-hydrogen) atoms. The molecule has 0 spiro atoms. The minimum absolute atomic E-state index is 0.0568. The van der Waals surface area contributed by atoms with Crippen molar-refractivity contribution in [2.75, 3.05) is 12.3 Å². The summed E-state index contributed by atoms with van der Waals surface area (Å²) in [5, 5.41) is 9.67. The summed E-state index contributed by atoms with van der Waals surface area (Å²) in [6.07, 6.45) is 1.35. The summed E-state index contributed by atoms with van der Waals surface area (Å²) in [5.41, 5.74) is 6.64. The van der Waals surface area contributed by atoms with Crippen molar-refractivity contribution in [3.8, 4) is 0 Å². The van der Waals surface area contributed by atoms with Crippen molar-refractivity contribution in [3.05, 3.63) is 23.8 Å². The number of benzene rings is 1. The highest BCUT2D eigenvalue weighted by molar-refractivity contribution is 7.89. The zero-order chi connectivity index (χ0) is 13.3.